The van der Waals surface area contributed by atoms with Gasteiger partial charge in [0.05, 0.1) is 7.11 Å². The standard InChI is InChI=1S/C18H24N2O5S/c1-18(2,26-10-11-4-6-12(25-3)7-5-11)15-17(24)19-13(16(23)20-15)8-9-14(21)22/h4-7,13,15H,8-10H2,1-3H3,(H,19,24)(H,20,23)(H,21,22). The van der Waals surface area contributed by atoms with Gasteiger partial charge in [0.2, 0.25) is 11.8 Å². The normalized spacial score (nSPS) is 20.3. The number of methoxy groups -OCH3 is 1. The molecule has 1 fully saturated rings. The fraction of sp³-hybridized carbons (Fsp3) is 0.500. The Labute approximate surface area is 156 Å². The third-order valence-electron chi connectivity index (χ3n) is 4.29. The number of nitrogens with one attached hydrogen (secondary N) is 2. The Morgan fingerprint density at radius 1 is 1.19 bits per heavy atom. The zero-order valence-electron chi connectivity index (χ0n) is 15.1. The summed E-state index contributed by atoms with van der Waals surface area (Å²) in [6.07, 6.45) is -0.0856. The number of aliphatic carboxylic acids is 1. The number of benzene rings is 1. The van der Waals surface area contributed by atoms with Gasteiger partial charge >= 0.3 is 5.97 Å². The summed E-state index contributed by atoms with van der Waals surface area (Å²) in [5, 5.41) is 14.1. The topological polar surface area (TPSA) is 105 Å². The van der Waals surface area contributed by atoms with Crippen LogP contribution < -0.4 is 15.4 Å². The van der Waals surface area contributed by atoms with Crippen LogP contribution in [0.5, 0.6) is 5.75 Å². The second kappa shape index (κ2) is 8.44. The summed E-state index contributed by atoms with van der Waals surface area (Å²) in [6, 6.07) is 6.21. The van der Waals surface area contributed by atoms with Crippen LogP contribution in [0.1, 0.15) is 32.3 Å². The van der Waals surface area contributed by atoms with E-state index in [1.165, 1.54) is 0 Å². The second-order valence-corrected chi connectivity index (χ2v) is 8.30. The van der Waals surface area contributed by atoms with Gasteiger partial charge in [-0.2, -0.15) is 0 Å². The highest BCUT2D eigenvalue weighted by molar-refractivity contribution is 7.99. The maximum Gasteiger partial charge on any atom is 0.303 e. The molecule has 0 radical (unpaired) electrons. The molecule has 0 spiro atoms. The average molecular weight is 380 g/mol. The van der Waals surface area contributed by atoms with Crippen molar-refractivity contribution in [3.05, 3.63) is 29.8 Å². The van der Waals surface area contributed by atoms with Crippen LogP contribution in [0.15, 0.2) is 24.3 Å². The van der Waals surface area contributed by atoms with Gasteiger partial charge in [-0.05, 0) is 38.0 Å². The molecule has 0 saturated carbocycles. The van der Waals surface area contributed by atoms with Gasteiger partial charge in [-0.1, -0.05) is 12.1 Å². The van der Waals surface area contributed by atoms with Gasteiger partial charge in [0.1, 0.15) is 17.8 Å². The summed E-state index contributed by atoms with van der Waals surface area (Å²) in [5.74, 6) is -0.158. The highest BCUT2D eigenvalue weighted by Gasteiger charge is 2.42. The van der Waals surface area contributed by atoms with E-state index < -0.39 is 22.8 Å². The van der Waals surface area contributed by atoms with Crippen LogP contribution in [0.3, 0.4) is 0 Å². The molecular weight excluding hydrogens is 356 g/mol. The van der Waals surface area contributed by atoms with Crippen molar-refractivity contribution in [3.8, 4) is 5.75 Å². The lowest BCUT2D eigenvalue weighted by Gasteiger charge is -2.38. The first-order chi connectivity index (χ1) is 12.2. The molecule has 142 valence electrons. The molecule has 2 rings (SSSR count). The Morgan fingerprint density at radius 3 is 2.42 bits per heavy atom. The summed E-state index contributed by atoms with van der Waals surface area (Å²) in [5.41, 5.74) is 1.09. The van der Waals surface area contributed by atoms with Crippen molar-refractivity contribution < 1.29 is 24.2 Å². The summed E-state index contributed by atoms with van der Waals surface area (Å²) >= 11 is 1.57. The van der Waals surface area contributed by atoms with E-state index in [1.54, 1.807) is 18.9 Å². The van der Waals surface area contributed by atoms with E-state index in [-0.39, 0.29) is 24.7 Å². The van der Waals surface area contributed by atoms with E-state index >= 15 is 0 Å². The Balaban J connectivity index is 1.96. The fourth-order valence-electron chi connectivity index (χ4n) is 2.66. The number of carbonyl (C=O) groups excluding carboxylic acids is 2. The number of thioether (sulfide) groups is 1. The van der Waals surface area contributed by atoms with Crippen LogP contribution in [-0.4, -0.2) is 46.8 Å². The quantitative estimate of drug-likeness (QED) is 0.632. The fourth-order valence-corrected chi connectivity index (χ4v) is 3.73. The molecule has 1 saturated heterocycles. The van der Waals surface area contributed by atoms with E-state index in [9.17, 15) is 14.4 Å². The zero-order valence-corrected chi connectivity index (χ0v) is 15.9. The van der Waals surface area contributed by atoms with E-state index in [0.29, 0.717) is 5.75 Å². The van der Waals surface area contributed by atoms with Gasteiger partial charge < -0.3 is 20.5 Å². The van der Waals surface area contributed by atoms with E-state index in [0.717, 1.165) is 11.3 Å². The molecular formula is C18H24N2O5S. The largest absolute Gasteiger partial charge is 0.497 e. The van der Waals surface area contributed by atoms with E-state index in [2.05, 4.69) is 10.6 Å². The van der Waals surface area contributed by atoms with Gasteiger partial charge in [-0.25, -0.2) is 0 Å². The highest BCUT2D eigenvalue weighted by Crippen LogP contribution is 2.33. The van der Waals surface area contributed by atoms with Crippen molar-refractivity contribution in [2.75, 3.05) is 7.11 Å². The molecule has 26 heavy (non-hydrogen) atoms. The molecule has 1 aromatic carbocycles. The average Bonchev–Trinajstić information content (AvgIpc) is 2.60. The number of carboxylic acids is 1. The summed E-state index contributed by atoms with van der Waals surface area (Å²) in [6.45, 7) is 3.81. The second-order valence-electron chi connectivity index (χ2n) is 6.68. The molecule has 0 bridgehead atoms. The monoisotopic (exact) mass is 380 g/mol. The summed E-state index contributed by atoms with van der Waals surface area (Å²) in [7, 11) is 1.61. The first-order valence-electron chi connectivity index (χ1n) is 8.32. The lowest BCUT2D eigenvalue weighted by molar-refractivity contribution is -0.140. The minimum Gasteiger partial charge on any atom is -0.497 e. The van der Waals surface area contributed by atoms with Gasteiger partial charge in [0.15, 0.2) is 0 Å². The maximum atomic E-state index is 12.4. The molecule has 1 heterocycles. The third kappa shape index (κ3) is 5.14. The molecule has 1 aliphatic rings. The number of piperazine rings is 1. The lowest BCUT2D eigenvalue weighted by atomic mass is 9.97. The maximum absolute atomic E-state index is 12.4. The number of hydrogen-bond acceptors (Lipinski definition) is 5. The number of rotatable bonds is 8. The zero-order chi connectivity index (χ0) is 19.3. The smallest absolute Gasteiger partial charge is 0.303 e. The number of hydrogen-bond donors (Lipinski definition) is 3. The van der Waals surface area contributed by atoms with Gasteiger partial charge in [0, 0.05) is 16.9 Å². The van der Waals surface area contributed by atoms with E-state index in [4.69, 9.17) is 9.84 Å². The molecule has 2 atom stereocenters. The first-order valence-corrected chi connectivity index (χ1v) is 9.31. The van der Waals surface area contributed by atoms with Crippen molar-refractivity contribution in [1.29, 1.82) is 0 Å². The Kier molecular flexibility index (Phi) is 6.52. The van der Waals surface area contributed by atoms with Crippen molar-refractivity contribution in [2.45, 2.75) is 49.3 Å². The molecule has 0 aliphatic carbocycles. The van der Waals surface area contributed by atoms with Crippen molar-refractivity contribution in [1.82, 2.24) is 10.6 Å². The predicted molar refractivity (Wildman–Crippen MR) is 99.1 cm³/mol. The van der Waals surface area contributed by atoms with Crippen LogP contribution in [-0.2, 0) is 20.1 Å². The van der Waals surface area contributed by atoms with Crippen LogP contribution in [0.4, 0.5) is 0 Å². The van der Waals surface area contributed by atoms with Crippen LogP contribution in [0.2, 0.25) is 0 Å². The summed E-state index contributed by atoms with van der Waals surface area (Å²) < 4.78 is 4.61. The number of ether oxygens (including phenoxy) is 1. The number of carboxylic acid groups (broad SMARTS) is 1. The van der Waals surface area contributed by atoms with Crippen LogP contribution >= 0.6 is 11.8 Å². The van der Waals surface area contributed by atoms with Crippen molar-refractivity contribution in [2.24, 2.45) is 0 Å². The lowest BCUT2D eigenvalue weighted by Crippen LogP contribution is -2.66. The van der Waals surface area contributed by atoms with Gasteiger partial charge in [-0.15, -0.1) is 11.8 Å². The minimum atomic E-state index is -0.996. The summed E-state index contributed by atoms with van der Waals surface area (Å²) in [4.78, 5) is 35.3. The molecule has 2 amide bonds. The molecule has 8 heteroatoms. The third-order valence-corrected chi connectivity index (χ3v) is 5.75. The predicted octanol–water partition coefficient (Wildman–Crippen LogP) is 1.55. The van der Waals surface area contributed by atoms with Crippen molar-refractivity contribution >= 4 is 29.5 Å². The van der Waals surface area contributed by atoms with Gasteiger partial charge in [0.25, 0.3) is 0 Å². The Morgan fingerprint density at radius 2 is 1.85 bits per heavy atom. The Bertz CT molecular complexity index is 675. The first kappa shape index (κ1) is 20.1. The van der Waals surface area contributed by atoms with Crippen molar-refractivity contribution in [3.63, 3.8) is 0 Å². The Hall–Kier alpha value is -2.22. The molecule has 7 nitrogen and oxygen atoms in total. The van der Waals surface area contributed by atoms with E-state index in [1.807, 2.05) is 38.1 Å². The molecule has 0 aromatic heterocycles. The molecule has 2 unspecified atom stereocenters. The molecule has 3 N–H and O–H groups in total. The number of carbonyl (C=O) groups is 3. The van der Waals surface area contributed by atoms with Crippen LogP contribution in [0.25, 0.3) is 0 Å². The van der Waals surface area contributed by atoms with Crippen LogP contribution in [0, 0.1) is 0 Å². The molecule has 1 aliphatic heterocycles. The van der Waals surface area contributed by atoms with Gasteiger partial charge in [-0.3, -0.25) is 14.4 Å². The highest BCUT2D eigenvalue weighted by atomic mass is 32.2. The number of amides is 2. The molecule has 1 aromatic rings. The minimum absolute atomic E-state index is 0.0824. The SMILES string of the molecule is COc1ccc(CSC(C)(C)C2NC(=O)C(CCC(=O)O)NC2=O)cc1.